The Kier molecular flexibility index (Phi) is 5.45. The van der Waals surface area contributed by atoms with E-state index in [9.17, 15) is 19.7 Å². The molecule has 0 aliphatic rings. The van der Waals surface area contributed by atoms with Crippen molar-refractivity contribution in [3.63, 3.8) is 0 Å². The van der Waals surface area contributed by atoms with Gasteiger partial charge in [0, 0.05) is 17.5 Å². The number of carbonyl (C=O) groups is 2. The largest absolute Gasteiger partial charge is 0.490 e. The van der Waals surface area contributed by atoms with Gasteiger partial charge in [0.1, 0.15) is 0 Å². The van der Waals surface area contributed by atoms with Gasteiger partial charge in [0.2, 0.25) is 5.75 Å². The van der Waals surface area contributed by atoms with Crippen molar-refractivity contribution in [2.24, 2.45) is 0 Å². The fourth-order valence-corrected chi connectivity index (χ4v) is 1.80. The van der Waals surface area contributed by atoms with Crippen LogP contribution in [0.3, 0.4) is 0 Å². The molecule has 0 aliphatic carbocycles. The number of ether oxygens (including phenoxy) is 2. The Balaban J connectivity index is 3.13. The van der Waals surface area contributed by atoms with Gasteiger partial charge in [-0.3, -0.25) is 19.7 Å². The Hall–Kier alpha value is -2.15. The van der Waals surface area contributed by atoms with Crippen molar-refractivity contribution in [2.45, 2.75) is 12.8 Å². The highest BCUT2D eigenvalue weighted by molar-refractivity contribution is 6.31. The molecule has 0 saturated heterocycles. The van der Waals surface area contributed by atoms with E-state index in [2.05, 4.69) is 4.74 Å². The molecule has 0 atom stereocenters. The highest BCUT2D eigenvalue weighted by Gasteiger charge is 2.24. The molecule has 0 bridgehead atoms. The van der Waals surface area contributed by atoms with E-state index in [4.69, 9.17) is 16.3 Å². The van der Waals surface area contributed by atoms with Gasteiger partial charge in [-0.2, -0.15) is 0 Å². The first-order valence-corrected chi connectivity index (χ1v) is 5.90. The lowest BCUT2D eigenvalue weighted by atomic mass is 10.0. The second-order valence-corrected chi connectivity index (χ2v) is 4.20. The predicted molar refractivity (Wildman–Crippen MR) is 70.2 cm³/mol. The molecule has 0 N–H and O–H groups in total. The number of nitro benzene ring substituents is 1. The molecule has 0 heterocycles. The molecule has 0 amide bonds. The molecule has 0 aliphatic heterocycles. The number of nitrogens with zero attached hydrogens (tertiary/aromatic N) is 1. The fraction of sp³-hybridized carbons (Fsp3) is 0.333. The number of nitro groups is 1. The van der Waals surface area contributed by atoms with Gasteiger partial charge in [-0.1, -0.05) is 11.6 Å². The van der Waals surface area contributed by atoms with Crippen LogP contribution in [0.4, 0.5) is 5.69 Å². The maximum absolute atomic E-state index is 12.0. The first-order valence-electron chi connectivity index (χ1n) is 5.52. The van der Waals surface area contributed by atoms with Crippen LogP contribution in [0.2, 0.25) is 5.02 Å². The number of carbonyl (C=O) groups excluding carboxylic acids is 2. The van der Waals surface area contributed by atoms with Gasteiger partial charge in [-0.05, 0) is 6.07 Å². The molecule has 1 rings (SSSR count). The van der Waals surface area contributed by atoms with Crippen molar-refractivity contribution < 1.29 is 24.0 Å². The topological polar surface area (TPSA) is 95.7 Å². The van der Waals surface area contributed by atoms with Crippen molar-refractivity contribution in [3.8, 4) is 5.75 Å². The van der Waals surface area contributed by atoms with E-state index >= 15 is 0 Å². The number of hydrogen-bond acceptors (Lipinski definition) is 6. The Morgan fingerprint density at radius 2 is 1.95 bits per heavy atom. The predicted octanol–water partition coefficient (Wildman–Crippen LogP) is 2.39. The molecular weight excluding hydrogens is 290 g/mol. The summed E-state index contributed by atoms with van der Waals surface area (Å²) in [6.45, 7) is 0. The summed E-state index contributed by atoms with van der Waals surface area (Å²) in [5.74, 6) is -1.21. The molecule has 20 heavy (non-hydrogen) atoms. The van der Waals surface area contributed by atoms with Crippen LogP contribution < -0.4 is 4.74 Å². The van der Waals surface area contributed by atoms with E-state index in [1.54, 1.807) is 0 Å². The number of benzene rings is 1. The summed E-state index contributed by atoms with van der Waals surface area (Å²) in [7, 11) is 2.42. The van der Waals surface area contributed by atoms with Crippen LogP contribution >= 0.6 is 11.6 Å². The van der Waals surface area contributed by atoms with E-state index in [0.717, 1.165) is 6.07 Å². The number of esters is 1. The monoisotopic (exact) mass is 301 g/mol. The molecule has 8 heteroatoms. The average molecular weight is 302 g/mol. The number of ketones is 1. The summed E-state index contributed by atoms with van der Waals surface area (Å²) in [4.78, 5) is 33.2. The van der Waals surface area contributed by atoms with Crippen LogP contribution in [-0.4, -0.2) is 30.9 Å². The van der Waals surface area contributed by atoms with Crippen molar-refractivity contribution in [1.29, 1.82) is 0 Å². The van der Waals surface area contributed by atoms with Gasteiger partial charge in [0.15, 0.2) is 5.78 Å². The average Bonchev–Trinajstić information content (AvgIpc) is 2.43. The number of halogens is 1. The summed E-state index contributed by atoms with van der Waals surface area (Å²) in [5.41, 5.74) is -0.433. The maximum Gasteiger partial charge on any atom is 0.313 e. The highest BCUT2D eigenvalue weighted by Crippen LogP contribution is 2.35. The van der Waals surface area contributed by atoms with Gasteiger partial charge >= 0.3 is 11.7 Å². The summed E-state index contributed by atoms with van der Waals surface area (Å²) in [6.07, 6.45) is -0.278. The van der Waals surface area contributed by atoms with Crippen molar-refractivity contribution >= 4 is 29.0 Å². The van der Waals surface area contributed by atoms with Crippen LogP contribution in [0, 0.1) is 10.1 Å². The minimum Gasteiger partial charge on any atom is -0.490 e. The first-order chi connectivity index (χ1) is 9.40. The van der Waals surface area contributed by atoms with E-state index in [0.29, 0.717) is 0 Å². The summed E-state index contributed by atoms with van der Waals surface area (Å²) < 4.78 is 9.33. The summed E-state index contributed by atoms with van der Waals surface area (Å²) in [5, 5.41) is 10.9. The Labute approximate surface area is 119 Å². The molecule has 0 spiro atoms. The van der Waals surface area contributed by atoms with Crippen LogP contribution in [-0.2, 0) is 9.53 Å². The molecule has 0 radical (unpaired) electrons. The lowest BCUT2D eigenvalue weighted by molar-refractivity contribution is -0.385. The molecule has 1 aromatic rings. The standard InChI is InChI=1S/C12H12ClNO6/c1-19-11(16)4-3-10(15)8-5-7(13)6-9(14(17)18)12(8)20-2/h5-6H,3-4H2,1-2H3. The second-order valence-electron chi connectivity index (χ2n) is 3.76. The van der Waals surface area contributed by atoms with Crippen molar-refractivity contribution in [2.75, 3.05) is 14.2 Å². The van der Waals surface area contributed by atoms with Crippen molar-refractivity contribution in [3.05, 3.63) is 32.8 Å². The van der Waals surface area contributed by atoms with Gasteiger partial charge in [0.05, 0.1) is 31.1 Å². The Bertz CT molecular complexity index is 557. The van der Waals surface area contributed by atoms with Gasteiger partial charge in [-0.15, -0.1) is 0 Å². The SMILES string of the molecule is COC(=O)CCC(=O)c1cc(Cl)cc([N+](=O)[O-])c1OC. The maximum atomic E-state index is 12.0. The normalized spacial score (nSPS) is 9.95. The molecule has 0 saturated carbocycles. The molecule has 1 aromatic carbocycles. The Morgan fingerprint density at radius 1 is 1.30 bits per heavy atom. The third kappa shape index (κ3) is 3.67. The third-order valence-electron chi connectivity index (χ3n) is 2.52. The minimum absolute atomic E-state index is 0.0318. The zero-order chi connectivity index (χ0) is 15.3. The number of hydrogen-bond donors (Lipinski definition) is 0. The smallest absolute Gasteiger partial charge is 0.313 e. The molecular formula is C12H12ClNO6. The molecule has 0 unspecified atom stereocenters. The fourth-order valence-electron chi connectivity index (χ4n) is 1.59. The molecule has 0 fully saturated rings. The molecule has 7 nitrogen and oxygen atoms in total. The third-order valence-corrected chi connectivity index (χ3v) is 2.74. The van der Waals surface area contributed by atoms with Gasteiger partial charge in [0.25, 0.3) is 0 Å². The molecule has 0 aromatic heterocycles. The zero-order valence-electron chi connectivity index (χ0n) is 10.8. The summed E-state index contributed by atoms with van der Waals surface area (Å²) >= 11 is 5.75. The van der Waals surface area contributed by atoms with Gasteiger partial charge < -0.3 is 9.47 Å². The van der Waals surface area contributed by atoms with Crippen LogP contribution in [0.25, 0.3) is 0 Å². The highest BCUT2D eigenvalue weighted by atomic mass is 35.5. The first kappa shape index (κ1) is 15.9. The summed E-state index contributed by atoms with van der Waals surface area (Å²) in [6, 6.07) is 2.37. The van der Waals surface area contributed by atoms with E-state index < -0.39 is 22.4 Å². The number of Topliss-reactive ketones (excluding diaryl/α,β-unsaturated/α-hetero) is 1. The van der Waals surface area contributed by atoms with E-state index in [1.165, 1.54) is 20.3 Å². The van der Waals surface area contributed by atoms with E-state index in [1.807, 2.05) is 0 Å². The lowest BCUT2D eigenvalue weighted by Gasteiger charge is -2.08. The number of methoxy groups -OCH3 is 2. The van der Waals surface area contributed by atoms with Crippen molar-refractivity contribution in [1.82, 2.24) is 0 Å². The van der Waals surface area contributed by atoms with Crippen LogP contribution in [0.15, 0.2) is 12.1 Å². The van der Waals surface area contributed by atoms with Crippen LogP contribution in [0.5, 0.6) is 5.75 Å². The van der Waals surface area contributed by atoms with E-state index in [-0.39, 0.29) is 29.2 Å². The Morgan fingerprint density at radius 3 is 2.45 bits per heavy atom. The zero-order valence-corrected chi connectivity index (χ0v) is 11.6. The lowest BCUT2D eigenvalue weighted by Crippen LogP contribution is -2.08. The number of rotatable bonds is 6. The quantitative estimate of drug-likeness (QED) is 0.346. The second kappa shape index (κ2) is 6.85. The molecule has 108 valence electrons. The van der Waals surface area contributed by atoms with Crippen LogP contribution in [0.1, 0.15) is 23.2 Å². The van der Waals surface area contributed by atoms with Gasteiger partial charge in [-0.25, -0.2) is 0 Å². The minimum atomic E-state index is -0.693.